The predicted molar refractivity (Wildman–Crippen MR) is 78.8 cm³/mol. The normalized spacial score (nSPS) is 11.1. The van der Waals surface area contributed by atoms with Crippen LogP contribution in [-0.2, 0) is 17.9 Å². The molecule has 1 rings (SSSR count). The van der Waals surface area contributed by atoms with Crippen LogP contribution in [0.2, 0.25) is 0 Å². The first-order valence-electron chi connectivity index (χ1n) is 6.72. The predicted octanol–water partition coefficient (Wildman–Crippen LogP) is 1.36. The van der Waals surface area contributed by atoms with Gasteiger partial charge in [0.1, 0.15) is 0 Å². The van der Waals surface area contributed by atoms with Crippen LogP contribution in [0.1, 0.15) is 25.0 Å². The highest BCUT2D eigenvalue weighted by atomic mass is 16.1. The minimum Gasteiger partial charge on any atom is -0.351 e. The average Bonchev–Trinajstić information content (AvgIpc) is 2.37. The molecule has 0 unspecified atom stereocenters. The van der Waals surface area contributed by atoms with Crippen molar-refractivity contribution in [3.8, 4) is 0 Å². The van der Waals surface area contributed by atoms with Crippen molar-refractivity contribution in [2.24, 2.45) is 0 Å². The van der Waals surface area contributed by atoms with Gasteiger partial charge in [-0.1, -0.05) is 24.3 Å². The van der Waals surface area contributed by atoms with Crippen LogP contribution in [0.25, 0.3) is 0 Å². The Kier molecular flexibility index (Phi) is 6.53. The molecule has 0 heterocycles. The summed E-state index contributed by atoms with van der Waals surface area (Å²) in [7, 11) is 3.88. The maximum absolute atomic E-state index is 11.4. The molecule has 4 heteroatoms. The third kappa shape index (κ3) is 5.85. The van der Waals surface area contributed by atoms with Crippen molar-refractivity contribution in [1.29, 1.82) is 0 Å². The largest absolute Gasteiger partial charge is 0.351 e. The number of hydrogen-bond acceptors (Lipinski definition) is 3. The van der Waals surface area contributed by atoms with Gasteiger partial charge in [-0.2, -0.15) is 0 Å². The first kappa shape index (κ1) is 15.7. The molecule has 1 amide bonds. The summed E-state index contributed by atoms with van der Waals surface area (Å²) in [6, 6.07) is 8.89. The minimum atomic E-state index is 0.0206. The van der Waals surface area contributed by atoms with E-state index in [0.717, 1.165) is 12.1 Å². The van der Waals surface area contributed by atoms with Crippen molar-refractivity contribution < 1.29 is 4.79 Å². The summed E-state index contributed by atoms with van der Waals surface area (Å²) in [5, 5.41) is 5.72. The maximum Gasteiger partial charge on any atom is 0.234 e. The molecule has 0 saturated heterocycles. The second-order valence-electron chi connectivity index (χ2n) is 5.14. The molecule has 0 aromatic heterocycles. The number of benzene rings is 1. The molecule has 0 saturated carbocycles. The number of likely N-dealkylation sites (N-methyl/N-ethyl adjacent to an activating group) is 1. The van der Waals surface area contributed by atoms with Gasteiger partial charge >= 0.3 is 0 Å². The molecule has 0 bridgehead atoms. The Hall–Kier alpha value is -1.39. The van der Waals surface area contributed by atoms with Crippen molar-refractivity contribution in [2.75, 3.05) is 20.6 Å². The molecular formula is C15H25N3O. The smallest absolute Gasteiger partial charge is 0.234 e. The van der Waals surface area contributed by atoms with Crippen molar-refractivity contribution >= 4 is 5.91 Å². The molecule has 4 nitrogen and oxygen atoms in total. The van der Waals surface area contributed by atoms with Crippen molar-refractivity contribution in [1.82, 2.24) is 15.5 Å². The molecule has 0 fully saturated rings. The van der Waals surface area contributed by atoms with E-state index in [0.29, 0.717) is 19.1 Å². The fraction of sp³-hybridized carbons (Fsp3) is 0.533. The van der Waals surface area contributed by atoms with Gasteiger partial charge in [-0.05, 0) is 39.1 Å². The van der Waals surface area contributed by atoms with Gasteiger partial charge in [0.2, 0.25) is 5.91 Å². The van der Waals surface area contributed by atoms with E-state index in [-0.39, 0.29) is 5.91 Å². The lowest BCUT2D eigenvalue weighted by molar-refractivity contribution is -0.120. The SMILES string of the molecule is CNCC(=O)NCc1cccc(CN(C)C(C)C)c1. The molecule has 0 aliphatic carbocycles. The number of carbonyl (C=O) groups excluding carboxylic acids is 1. The second kappa shape index (κ2) is 7.92. The number of hydrogen-bond donors (Lipinski definition) is 2. The summed E-state index contributed by atoms with van der Waals surface area (Å²) >= 11 is 0. The van der Waals surface area contributed by atoms with Crippen LogP contribution in [-0.4, -0.2) is 37.5 Å². The first-order valence-corrected chi connectivity index (χ1v) is 6.72. The fourth-order valence-electron chi connectivity index (χ4n) is 1.73. The zero-order chi connectivity index (χ0) is 14.3. The van der Waals surface area contributed by atoms with Crippen LogP contribution in [0, 0.1) is 0 Å². The summed E-state index contributed by atoms with van der Waals surface area (Å²) in [6.45, 7) is 6.23. The van der Waals surface area contributed by atoms with Gasteiger partial charge in [0.15, 0.2) is 0 Å². The summed E-state index contributed by atoms with van der Waals surface area (Å²) in [6.07, 6.45) is 0. The van der Waals surface area contributed by atoms with Crippen LogP contribution in [0.15, 0.2) is 24.3 Å². The third-order valence-electron chi connectivity index (χ3n) is 3.13. The molecule has 106 valence electrons. The van der Waals surface area contributed by atoms with Gasteiger partial charge in [0.25, 0.3) is 0 Å². The molecule has 0 aliphatic rings. The molecule has 0 aliphatic heterocycles. The summed E-state index contributed by atoms with van der Waals surface area (Å²) < 4.78 is 0. The van der Waals surface area contributed by atoms with E-state index in [2.05, 4.69) is 48.6 Å². The monoisotopic (exact) mass is 263 g/mol. The zero-order valence-electron chi connectivity index (χ0n) is 12.4. The molecule has 0 atom stereocenters. The molecule has 19 heavy (non-hydrogen) atoms. The highest BCUT2D eigenvalue weighted by Crippen LogP contribution is 2.09. The van der Waals surface area contributed by atoms with Gasteiger partial charge in [-0.25, -0.2) is 0 Å². The number of rotatable bonds is 7. The van der Waals surface area contributed by atoms with Gasteiger partial charge in [-0.15, -0.1) is 0 Å². The highest BCUT2D eigenvalue weighted by Gasteiger charge is 2.05. The number of nitrogens with one attached hydrogen (secondary N) is 2. The van der Waals surface area contributed by atoms with Crippen LogP contribution in [0.3, 0.4) is 0 Å². The lowest BCUT2D eigenvalue weighted by atomic mass is 10.1. The standard InChI is InChI=1S/C15H25N3O/c1-12(2)18(4)11-14-7-5-6-13(8-14)9-17-15(19)10-16-3/h5-8,12,16H,9-11H2,1-4H3,(H,17,19). The van der Waals surface area contributed by atoms with E-state index in [1.54, 1.807) is 7.05 Å². The van der Waals surface area contributed by atoms with Crippen LogP contribution in [0.5, 0.6) is 0 Å². The lowest BCUT2D eigenvalue weighted by Gasteiger charge is -2.21. The Morgan fingerprint density at radius 3 is 2.63 bits per heavy atom. The number of amides is 1. The quantitative estimate of drug-likeness (QED) is 0.781. The average molecular weight is 263 g/mol. The van der Waals surface area contributed by atoms with E-state index >= 15 is 0 Å². The van der Waals surface area contributed by atoms with Crippen molar-refractivity contribution in [2.45, 2.75) is 33.0 Å². The number of nitrogens with zero attached hydrogens (tertiary/aromatic N) is 1. The Morgan fingerprint density at radius 2 is 2.00 bits per heavy atom. The Bertz CT molecular complexity index is 404. The van der Waals surface area contributed by atoms with Crippen LogP contribution in [0.4, 0.5) is 0 Å². The van der Waals surface area contributed by atoms with E-state index in [9.17, 15) is 4.79 Å². The summed E-state index contributed by atoms with van der Waals surface area (Å²) in [5.41, 5.74) is 2.41. The minimum absolute atomic E-state index is 0.0206. The highest BCUT2D eigenvalue weighted by molar-refractivity contribution is 5.77. The Balaban J connectivity index is 2.54. The van der Waals surface area contributed by atoms with Gasteiger partial charge < -0.3 is 10.6 Å². The van der Waals surface area contributed by atoms with E-state index in [1.165, 1.54) is 5.56 Å². The van der Waals surface area contributed by atoms with E-state index in [1.807, 2.05) is 12.1 Å². The van der Waals surface area contributed by atoms with Crippen molar-refractivity contribution in [3.05, 3.63) is 35.4 Å². The number of carbonyl (C=O) groups is 1. The molecule has 1 aromatic carbocycles. The third-order valence-corrected chi connectivity index (χ3v) is 3.13. The zero-order valence-corrected chi connectivity index (χ0v) is 12.4. The maximum atomic E-state index is 11.4. The van der Waals surface area contributed by atoms with Crippen molar-refractivity contribution in [3.63, 3.8) is 0 Å². The molecule has 1 aromatic rings. The van der Waals surface area contributed by atoms with Crippen LogP contribution < -0.4 is 10.6 Å². The first-order chi connectivity index (χ1) is 9.02. The Labute approximate surface area is 116 Å². The van der Waals surface area contributed by atoms with E-state index in [4.69, 9.17) is 0 Å². The molecular weight excluding hydrogens is 238 g/mol. The molecule has 2 N–H and O–H groups in total. The Morgan fingerprint density at radius 1 is 1.32 bits per heavy atom. The van der Waals surface area contributed by atoms with Gasteiger partial charge in [0.05, 0.1) is 6.54 Å². The van der Waals surface area contributed by atoms with Gasteiger partial charge in [0, 0.05) is 19.1 Å². The summed E-state index contributed by atoms with van der Waals surface area (Å²) in [4.78, 5) is 13.7. The fourth-order valence-corrected chi connectivity index (χ4v) is 1.73. The van der Waals surface area contributed by atoms with Crippen LogP contribution >= 0.6 is 0 Å². The van der Waals surface area contributed by atoms with Gasteiger partial charge in [-0.3, -0.25) is 9.69 Å². The summed E-state index contributed by atoms with van der Waals surface area (Å²) in [5.74, 6) is 0.0206. The van der Waals surface area contributed by atoms with E-state index < -0.39 is 0 Å². The topological polar surface area (TPSA) is 44.4 Å². The second-order valence-corrected chi connectivity index (χ2v) is 5.14. The molecule has 0 radical (unpaired) electrons. The lowest BCUT2D eigenvalue weighted by Crippen LogP contribution is -2.31. The molecule has 0 spiro atoms.